The number of nitrogens with one attached hydrogen (secondary N) is 2. The highest BCUT2D eigenvalue weighted by atomic mass is 15.1. The van der Waals surface area contributed by atoms with Crippen molar-refractivity contribution in [1.29, 1.82) is 0 Å². The summed E-state index contributed by atoms with van der Waals surface area (Å²) in [7, 11) is 0. The molecule has 0 bridgehead atoms. The summed E-state index contributed by atoms with van der Waals surface area (Å²) in [6.07, 6.45) is 2.54. The van der Waals surface area contributed by atoms with Gasteiger partial charge in [0.1, 0.15) is 18.0 Å². The third kappa shape index (κ3) is 3.59. The van der Waals surface area contributed by atoms with Crippen molar-refractivity contribution in [2.75, 3.05) is 17.2 Å². The minimum absolute atomic E-state index is 0.203. The van der Waals surface area contributed by atoms with Gasteiger partial charge >= 0.3 is 0 Å². The fourth-order valence-corrected chi connectivity index (χ4v) is 1.61. The highest BCUT2D eigenvalue weighted by Gasteiger charge is 2.21. The molecular weight excluding hydrogens is 224 g/mol. The first-order valence-corrected chi connectivity index (χ1v) is 6.74. The molecule has 0 saturated heterocycles. The molecule has 102 valence electrons. The van der Waals surface area contributed by atoms with Crippen molar-refractivity contribution < 1.29 is 0 Å². The van der Waals surface area contributed by atoms with E-state index in [1.165, 1.54) is 0 Å². The zero-order valence-electron chi connectivity index (χ0n) is 12.5. The highest BCUT2D eigenvalue weighted by Crippen LogP contribution is 2.26. The van der Waals surface area contributed by atoms with Crippen LogP contribution in [0.4, 0.5) is 11.6 Å². The third-order valence-electron chi connectivity index (χ3n) is 3.30. The average molecular weight is 250 g/mol. The van der Waals surface area contributed by atoms with Crippen LogP contribution in [-0.4, -0.2) is 22.6 Å². The molecule has 0 aliphatic rings. The molecule has 1 rings (SSSR count). The predicted molar refractivity (Wildman–Crippen MR) is 78.1 cm³/mol. The van der Waals surface area contributed by atoms with E-state index < -0.39 is 0 Å². The Hall–Kier alpha value is -1.32. The molecule has 0 saturated carbocycles. The fraction of sp³-hybridized carbons (Fsp3) is 0.714. The Balaban J connectivity index is 2.98. The van der Waals surface area contributed by atoms with Crippen molar-refractivity contribution in [1.82, 2.24) is 9.97 Å². The summed E-state index contributed by atoms with van der Waals surface area (Å²) in [5.41, 5.74) is 1.37. The highest BCUT2D eigenvalue weighted by molar-refractivity contribution is 5.57. The zero-order valence-corrected chi connectivity index (χ0v) is 12.5. The normalized spacial score (nSPS) is 13.2. The summed E-state index contributed by atoms with van der Waals surface area (Å²) in [4.78, 5) is 8.69. The Bertz CT molecular complexity index is 382. The maximum absolute atomic E-state index is 4.38. The lowest BCUT2D eigenvalue weighted by molar-refractivity contribution is 0.358. The van der Waals surface area contributed by atoms with Crippen molar-refractivity contribution in [2.24, 2.45) is 5.41 Å². The largest absolute Gasteiger partial charge is 0.370 e. The van der Waals surface area contributed by atoms with E-state index in [-0.39, 0.29) is 5.41 Å². The molecule has 1 heterocycles. The molecule has 2 N–H and O–H groups in total. The SMILES string of the molecule is CCNc1ncnc(NC(C)C(C)(C)C)c1CC. The van der Waals surface area contributed by atoms with E-state index in [4.69, 9.17) is 0 Å². The van der Waals surface area contributed by atoms with Gasteiger partial charge in [0.15, 0.2) is 0 Å². The van der Waals surface area contributed by atoms with Crippen LogP contribution in [0.1, 0.15) is 47.1 Å². The van der Waals surface area contributed by atoms with E-state index in [1.54, 1.807) is 6.33 Å². The number of nitrogens with zero attached hydrogens (tertiary/aromatic N) is 2. The summed E-state index contributed by atoms with van der Waals surface area (Å²) >= 11 is 0. The number of aromatic nitrogens is 2. The van der Waals surface area contributed by atoms with E-state index in [9.17, 15) is 0 Å². The molecule has 0 amide bonds. The second kappa shape index (κ2) is 6.03. The quantitative estimate of drug-likeness (QED) is 0.841. The molecule has 0 aliphatic carbocycles. The monoisotopic (exact) mass is 250 g/mol. The number of anilines is 2. The minimum atomic E-state index is 0.203. The van der Waals surface area contributed by atoms with E-state index >= 15 is 0 Å². The van der Waals surface area contributed by atoms with Gasteiger partial charge in [0.2, 0.25) is 0 Å². The van der Waals surface area contributed by atoms with E-state index in [0.717, 1.165) is 30.2 Å². The van der Waals surface area contributed by atoms with Gasteiger partial charge in [0.25, 0.3) is 0 Å². The van der Waals surface area contributed by atoms with Crippen LogP contribution in [0.25, 0.3) is 0 Å². The second-order valence-corrected chi connectivity index (χ2v) is 5.67. The first kappa shape index (κ1) is 14.7. The van der Waals surface area contributed by atoms with Crippen molar-refractivity contribution >= 4 is 11.6 Å². The Labute approximate surface area is 111 Å². The van der Waals surface area contributed by atoms with Crippen LogP contribution in [-0.2, 0) is 6.42 Å². The number of rotatable bonds is 5. The Morgan fingerprint density at radius 3 is 2.28 bits per heavy atom. The summed E-state index contributed by atoms with van der Waals surface area (Å²) in [5, 5.41) is 6.80. The molecule has 0 fully saturated rings. The van der Waals surface area contributed by atoms with Crippen LogP contribution in [0.5, 0.6) is 0 Å². The summed E-state index contributed by atoms with van der Waals surface area (Å²) < 4.78 is 0. The Kier molecular flexibility index (Phi) is 4.93. The molecule has 4 nitrogen and oxygen atoms in total. The van der Waals surface area contributed by atoms with Gasteiger partial charge in [0, 0.05) is 18.2 Å². The summed E-state index contributed by atoms with van der Waals surface area (Å²) in [6.45, 7) is 13.9. The maximum atomic E-state index is 4.38. The van der Waals surface area contributed by atoms with Gasteiger partial charge in [-0.2, -0.15) is 0 Å². The Morgan fingerprint density at radius 1 is 1.17 bits per heavy atom. The van der Waals surface area contributed by atoms with Gasteiger partial charge in [-0.05, 0) is 25.7 Å². The molecule has 18 heavy (non-hydrogen) atoms. The van der Waals surface area contributed by atoms with Crippen molar-refractivity contribution in [3.05, 3.63) is 11.9 Å². The Morgan fingerprint density at radius 2 is 1.78 bits per heavy atom. The molecule has 1 unspecified atom stereocenters. The number of hydrogen-bond acceptors (Lipinski definition) is 4. The molecular formula is C14H26N4. The van der Waals surface area contributed by atoms with Crippen LogP contribution in [0, 0.1) is 5.41 Å². The molecule has 1 aromatic rings. The molecule has 4 heteroatoms. The van der Waals surface area contributed by atoms with Crippen LogP contribution in [0.2, 0.25) is 0 Å². The first-order valence-electron chi connectivity index (χ1n) is 6.74. The van der Waals surface area contributed by atoms with Gasteiger partial charge in [-0.3, -0.25) is 0 Å². The number of hydrogen-bond donors (Lipinski definition) is 2. The predicted octanol–water partition coefficient (Wildman–Crippen LogP) is 3.32. The lowest BCUT2D eigenvalue weighted by Gasteiger charge is -2.29. The van der Waals surface area contributed by atoms with Gasteiger partial charge in [-0.15, -0.1) is 0 Å². The van der Waals surface area contributed by atoms with E-state index in [0.29, 0.717) is 6.04 Å². The maximum Gasteiger partial charge on any atom is 0.134 e. The molecule has 0 radical (unpaired) electrons. The van der Waals surface area contributed by atoms with Gasteiger partial charge in [-0.1, -0.05) is 27.7 Å². The van der Waals surface area contributed by atoms with Crippen molar-refractivity contribution in [2.45, 2.75) is 54.0 Å². The van der Waals surface area contributed by atoms with E-state index in [1.807, 2.05) is 0 Å². The second-order valence-electron chi connectivity index (χ2n) is 5.67. The average Bonchev–Trinajstić information content (AvgIpc) is 2.28. The van der Waals surface area contributed by atoms with Gasteiger partial charge in [-0.25, -0.2) is 9.97 Å². The summed E-state index contributed by atoms with van der Waals surface area (Å²) in [5.74, 6) is 1.89. The van der Waals surface area contributed by atoms with Crippen LogP contribution < -0.4 is 10.6 Å². The molecule has 0 spiro atoms. The summed E-state index contributed by atoms with van der Waals surface area (Å²) in [6, 6.07) is 0.354. The van der Waals surface area contributed by atoms with Crippen molar-refractivity contribution in [3.8, 4) is 0 Å². The molecule has 0 aromatic carbocycles. The third-order valence-corrected chi connectivity index (χ3v) is 3.30. The zero-order chi connectivity index (χ0) is 13.8. The van der Waals surface area contributed by atoms with Crippen LogP contribution in [0.15, 0.2) is 6.33 Å². The smallest absolute Gasteiger partial charge is 0.134 e. The lowest BCUT2D eigenvalue weighted by Crippen LogP contribution is -2.31. The van der Waals surface area contributed by atoms with Gasteiger partial charge < -0.3 is 10.6 Å². The minimum Gasteiger partial charge on any atom is -0.370 e. The van der Waals surface area contributed by atoms with Gasteiger partial charge in [0.05, 0.1) is 0 Å². The van der Waals surface area contributed by atoms with E-state index in [2.05, 4.69) is 62.1 Å². The molecule has 1 atom stereocenters. The van der Waals surface area contributed by atoms with Crippen LogP contribution >= 0.6 is 0 Å². The standard InChI is InChI=1S/C14H26N4/c1-7-11-12(15-8-2)16-9-17-13(11)18-10(3)14(4,5)6/h9-10H,7-8H2,1-6H3,(H2,15,16,17,18). The van der Waals surface area contributed by atoms with Crippen molar-refractivity contribution in [3.63, 3.8) is 0 Å². The first-order chi connectivity index (χ1) is 8.40. The fourth-order valence-electron chi connectivity index (χ4n) is 1.61. The molecule has 1 aromatic heterocycles. The lowest BCUT2D eigenvalue weighted by atomic mass is 9.88. The topological polar surface area (TPSA) is 49.8 Å². The van der Waals surface area contributed by atoms with Crippen LogP contribution in [0.3, 0.4) is 0 Å². The molecule has 0 aliphatic heterocycles.